The first-order valence-electron chi connectivity index (χ1n) is 18.8. The average Bonchev–Trinajstić information content (AvgIpc) is 3.41. The number of carbonyl (C=O) groups excluding carboxylic acids is 4. The number of likely N-dealkylation sites (tertiary alicyclic amines) is 1. The molecule has 1 atom stereocenters. The highest BCUT2D eigenvalue weighted by molar-refractivity contribution is 6.23. The van der Waals surface area contributed by atoms with Crippen LogP contribution < -0.4 is 20.3 Å². The van der Waals surface area contributed by atoms with Crippen LogP contribution in [-0.4, -0.2) is 101 Å². The van der Waals surface area contributed by atoms with Crippen LogP contribution in [0.5, 0.6) is 5.75 Å². The van der Waals surface area contributed by atoms with Crippen molar-refractivity contribution in [1.82, 2.24) is 25.1 Å². The molecule has 55 heavy (non-hydrogen) atoms. The number of ether oxygens (including phenoxy) is 2. The van der Waals surface area contributed by atoms with Gasteiger partial charge in [0.15, 0.2) is 11.6 Å². The van der Waals surface area contributed by atoms with E-state index in [1.807, 2.05) is 4.90 Å². The highest BCUT2D eigenvalue weighted by Gasteiger charge is 2.44. The molecule has 0 saturated carbocycles. The number of amides is 4. The van der Waals surface area contributed by atoms with Crippen molar-refractivity contribution in [3.63, 3.8) is 0 Å². The summed E-state index contributed by atoms with van der Waals surface area (Å²) in [5, 5.41) is 6.18. The van der Waals surface area contributed by atoms with Gasteiger partial charge in [0.25, 0.3) is 11.8 Å². The third-order valence-electron chi connectivity index (χ3n) is 10.7. The summed E-state index contributed by atoms with van der Waals surface area (Å²) in [5.74, 6) is -2.55. The number of piperidine rings is 2. The van der Waals surface area contributed by atoms with Crippen molar-refractivity contribution < 1.29 is 37.4 Å². The molecule has 4 aliphatic heterocycles. The van der Waals surface area contributed by atoms with Gasteiger partial charge in [-0.2, -0.15) is 0 Å². The van der Waals surface area contributed by atoms with Gasteiger partial charge in [0, 0.05) is 62.3 Å². The molecule has 6 heterocycles. The minimum absolute atomic E-state index is 0.0253. The van der Waals surface area contributed by atoms with Gasteiger partial charge >= 0.3 is 0 Å². The first kappa shape index (κ1) is 36.4. The molecule has 0 bridgehead atoms. The molecule has 15 heteroatoms. The second-order valence-electron chi connectivity index (χ2n) is 14.4. The predicted octanol–water partition coefficient (Wildman–Crippen LogP) is 4.97. The predicted molar refractivity (Wildman–Crippen MR) is 198 cm³/mol. The van der Waals surface area contributed by atoms with Gasteiger partial charge in [-0.3, -0.25) is 34.4 Å². The number of hydrogen-bond donors (Lipinski definition) is 2. The molecule has 2 aromatic carbocycles. The third-order valence-corrected chi connectivity index (χ3v) is 10.7. The van der Waals surface area contributed by atoms with E-state index < -0.39 is 41.3 Å². The number of fused-ring (bicyclic) bond motifs is 2. The van der Waals surface area contributed by atoms with E-state index in [4.69, 9.17) is 9.47 Å². The maximum atomic E-state index is 15.5. The Morgan fingerprint density at radius 1 is 0.873 bits per heavy atom. The number of aromatic nitrogens is 2. The third kappa shape index (κ3) is 7.71. The van der Waals surface area contributed by atoms with E-state index in [-0.39, 0.29) is 42.0 Å². The lowest BCUT2D eigenvalue weighted by molar-refractivity contribution is -0.136. The van der Waals surface area contributed by atoms with E-state index in [2.05, 4.69) is 25.5 Å². The second-order valence-corrected chi connectivity index (χ2v) is 14.4. The van der Waals surface area contributed by atoms with Crippen LogP contribution in [0.1, 0.15) is 65.7 Å². The van der Waals surface area contributed by atoms with Crippen molar-refractivity contribution in [2.75, 3.05) is 49.5 Å². The van der Waals surface area contributed by atoms with Crippen molar-refractivity contribution in [3.8, 4) is 5.75 Å². The van der Waals surface area contributed by atoms with Crippen LogP contribution in [0.25, 0.3) is 10.8 Å². The molecule has 13 nitrogen and oxygen atoms in total. The quantitative estimate of drug-likeness (QED) is 0.141. The van der Waals surface area contributed by atoms with Crippen LogP contribution >= 0.6 is 0 Å². The van der Waals surface area contributed by atoms with E-state index >= 15 is 4.39 Å². The van der Waals surface area contributed by atoms with Crippen molar-refractivity contribution in [2.45, 2.75) is 63.2 Å². The summed E-state index contributed by atoms with van der Waals surface area (Å²) in [6, 6.07) is 10.2. The van der Waals surface area contributed by atoms with Crippen LogP contribution in [-0.2, 0) is 14.3 Å². The number of benzene rings is 2. The number of nitrogens with zero attached hydrogens (tertiary/aromatic N) is 5. The summed E-state index contributed by atoms with van der Waals surface area (Å²) < 4.78 is 42.4. The second kappa shape index (κ2) is 15.7. The smallest absolute Gasteiger partial charge is 0.262 e. The van der Waals surface area contributed by atoms with Gasteiger partial charge in [0.1, 0.15) is 17.6 Å². The number of imide groups is 2. The molecule has 0 aliphatic carbocycles. The van der Waals surface area contributed by atoms with Crippen LogP contribution in [0.4, 0.5) is 26.0 Å². The standard InChI is InChI=1S/C40H41F2N7O6/c41-32-19-25(18-24-8-12-43-21-31(24)32)45-37-36(42)33(9-13-44-37)48-22-28(23-48)55-26-10-15-47(16-11-26)14-2-1-3-17-54-27-4-5-29-30(20-27)40(53)49(39(29)52)34-6-7-35(50)46-38(34)51/h4-5,8-9,12-13,18-21,26,28,34H,1-3,6-7,10-11,14-17,22-23H2,(H,44,45)(H,46,50,51). The van der Waals surface area contributed by atoms with E-state index in [9.17, 15) is 23.6 Å². The summed E-state index contributed by atoms with van der Waals surface area (Å²) in [7, 11) is 0. The fourth-order valence-corrected chi connectivity index (χ4v) is 7.73. The molecule has 8 rings (SSSR count). The Kier molecular flexibility index (Phi) is 10.4. The van der Waals surface area contributed by atoms with Gasteiger partial charge in [-0.15, -0.1) is 0 Å². The summed E-state index contributed by atoms with van der Waals surface area (Å²) in [4.78, 5) is 63.2. The van der Waals surface area contributed by atoms with Crippen molar-refractivity contribution in [1.29, 1.82) is 0 Å². The van der Waals surface area contributed by atoms with Crippen LogP contribution in [0.15, 0.2) is 61.1 Å². The Hall–Kier alpha value is -5.54. The highest BCUT2D eigenvalue weighted by atomic mass is 19.1. The first-order valence-corrected chi connectivity index (χ1v) is 18.8. The monoisotopic (exact) mass is 753 g/mol. The van der Waals surface area contributed by atoms with Gasteiger partial charge in [0.05, 0.1) is 35.6 Å². The average molecular weight is 754 g/mol. The largest absolute Gasteiger partial charge is 0.494 e. The van der Waals surface area contributed by atoms with E-state index in [0.717, 1.165) is 56.6 Å². The maximum absolute atomic E-state index is 15.5. The molecule has 4 aliphatic rings. The van der Waals surface area contributed by atoms with Gasteiger partial charge in [-0.1, -0.05) is 0 Å². The first-order chi connectivity index (χ1) is 26.7. The summed E-state index contributed by atoms with van der Waals surface area (Å²) in [6.07, 6.45) is 9.67. The Labute approximate surface area is 316 Å². The fraction of sp³-hybridized carbons (Fsp3) is 0.400. The maximum Gasteiger partial charge on any atom is 0.262 e. The van der Waals surface area contributed by atoms with Crippen LogP contribution in [0.3, 0.4) is 0 Å². The van der Waals surface area contributed by atoms with E-state index in [1.165, 1.54) is 12.3 Å². The molecular weight excluding hydrogens is 712 g/mol. The molecule has 0 radical (unpaired) electrons. The van der Waals surface area contributed by atoms with E-state index in [0.29, 0.717) is 47.6 Å². The lowest BCUT2D eigenvalue weighted by Crippen LogP contribution is -2.54. The molecule has 3 saturated heterocycles. The van der Waals surface area contributed by atoms with Crippen LogP contribution in [0, 0.1) is 11.6 Å². The normalized spacial score (nSPS) is 19.5. The molecule has 2 aromatic heterocycles. The Morgan fingerprint density at radius 2 is 1.69 bits per heavy atom. The molecular formula is C40H41F2N7O6. The SMILES string of the molecule is O=C1CCC(N2C(=O)c3ccc(OCCCCCN4CCC(OC5CN(c6ccnc(Nc7cc(F)c8cnccc8c7)c6F)C5)CC4)cc3C2=O)C(=O)N1. The van der Waals surface area contributed by atoms with Gasteiger partial charge in [-0.05, 0) is 92.9 Å². The van der Waals surface area contributed by atoms with Crippen LogP contribution in [0.2, 0.25) is 0 Å². The Morgan fingerprint density at radius 3 is 2.51 bits per heavy atom. The molecule has 0 spiro atoms. The van der Waals surface area contributed by atoms with Gasteiger partial charge in [0.2, 0.25) is 11.8 Å². The zero-order chi connectivity index (χ0) is 38.1. The molecule has 4 aromatic rings. The zero-order valence-electron chi connectivity index (χ0n) is 30.1. The zero-order valence-corrected chi connectivity index (χ0v) is 30.1. The topological polar surface area (TPSA) is 146 Å². The van der Waals surface area contributed by atoms with Crippen molar-refractivity contribution >= 4 is 51.6 Å². The minimum atomic E-state index is -0.998. The van der Waals surface area contributed by atoms with Crippen molar-refractivity contribution in [2.24, 2.45) is 0 Å². The molecule has 1 unspecified atom stereocenters. The Bertz CT molecular complexity index is 2140. The number of pyridine rings is 2. The highest BCUT2D eigenvalue weighted by Crippen LogP contribution is 2.33. The number of nitrogens with one attached hydrogen (secondary N) is 2. The summed E-state index contributed by atoms with van der Waals surface area (Å²) in [5.41, 5.74) is 1.26. The molecule has 2 N–H and O–H groups in total. The minimum Gasteiger partial charge on any atom is -0.494 e. The lowest BCUT2D eigenvalue weighted by atomic mass is 10.0. The number of carbonyl (C=O) groups is 4. The molecule has 3 fully saturated rings. The lowest BCUT2D eigenvalue weighted by Gasteiger charge is -2.43. The van der Waals surface area contributed by atoms with Crippen molar-refractivity contribution in [3.05, 3.63) is 83.8 Å². The summed E-state index contributed by atoms with van der Waals surface area (Å²) >= 11 is 0. The molecule has 4 amide bonds. The fourth-order valence-electron chi connectivity index (χ4n) is 7.73. The van der Waals surface area contributed by atoms with E-state index in [1.54, 1.807) is 48.8 Å². The summed E-state index contributed by atoms with van der Waals surface area (Å²) in [6.45, 7) is 4.53. The number of unbranched alkanes of at least 4 members (excludes halogenated alkanes) is 2. The van der Waals surface area contributed by atoms with Gasteiger partial charge in [-0.25, -0.2) is 13.8 Å². The Balaban J connectivity index is 0.719. The van der Waals surface area contributed by atoms with Gasteiger partial charge < -0.3 is 24.6 Å². The molecule has 286 valence electrons. The number of rotatable bonds is 13. The number of halogens is 2. The number of hydrogen-bond acceptors (Lipinski definition) is 11. The number of anilines is 3.